The fourth-order valence-corrected chi connectivity index (χ4v) is 7.91. The van der Waals surface area contributed by atoms with Gasteiger partial charge in [-0.2, -0.15) is 0 Å². The second-order valence-electron chi connectivity index (χ2n) is 15.2. The van der Waals surface area contributed by atoms with Crippen LogP contribution in [0.3, 0.4) is 0 Å². The van der Waals surface area contributed by atoms with Crippen molar-refractivity contribution in [1.82, 2.24) is 25.3 Å². The van der Waals surface area contributed by atoms with E-state index in [1.165, 1.54) is 12.1 Å². The van der Waals surface area contributed by atoms with Crippen LogP contribution in [0.1, 0.15) is 82.6 Å². The van der Waals surface area contributed by atoms with Crippen LogP contribution < -0.4 is 16.0 Å². The number of carbonyl (C=O) groups is 4. The Kier molecular flexibility index (Phi) is 8.45. The molecule has 0 radical (unpaired) electrons. The molecule has 3 N–H and O–H groups in total. The average molecular weight is 655 g/mol. The Hall–Kier alpha value is -3.28. The number of urea groups is 1. The molecule has 2 bridgehead atoms. The van der Waals surface area contributed by atoms with Gasteiger partial charge in [0.05, 0.1) is 5.69 Å². The number of fused-ring (bicyclic) bond motifs is 2. The first-order valence-corrected chi connectivity index (χ1v) is 17.6. The van der Waals surface area contributed by atoms with E-state index in [9.17, 15) is 23.6 Å². The molecule has 2 heterocycles. The summed E-state index contributed by atoms with van der Waals surface area (Å²) in [6.45, 7) is 2.99. The SMILES string of the molecule is C[C@@H](c1ccc(NC(=O)[C@@H](NC(=O)C2(F)CC2)C(C2CC2)C2CC2)c(F)c1)[C@@H](NC(=O)N(C)C1CC1)C(=O)N1C[C@H]2CC[C@@H](C1)N2C. The van der Waals surface area contributed by atoms with E-state index in [0.29, 0.717) is 30.5 Å². The van der Waals surface area contributed by atoms with E-state index >= 15 is 4.39 Å². The lowest BCUT2D eigenvalue weighted by molar-refractivity contribution is -0.137. The highest BCUT2D eigenvalue weighted by molar-refractivity contribution is 5.99. The van der Waals surface area contributed by atoms with Gasteiger partial charge in [-0.3, -0.25) is 19.3 Å². The number of nitrogens with zero attached hydrogens (tertiary/aromatic N) is 3. The highest BCUT2D eigenvalue weighted by Crippen LogP contribution is 2.51. The maximum Gasteiger partial charge on any atom is 0.318 e. The van der Waals surface area contributed by atoms with Crippen molar-refractivity contribution < 1.29 is 28.0 Å². The van der Waals surface area contributed by atoms with E-state index < -0.39 is 41.3 Å². The van der Waals surface area contributed by atoms with Gasteiger partial charge in [0, 0.05) is 44.2 Å². The summed E-state index contributed by atoms with van der Waals surface area (Å²) < 4.78 is 30.4. The van der Waals surface area contributed by atoms with E-state index in [0.717, 1.165) is 51.4 Å². The summed E-state index contributed by atoms with van der Waals surface area (Å²) in [6.07, 6.45) is 8.07. The summed E-state index contributed by atoms with van der Waals surface area (Å²) in [6, 6.07) is 3.00. The number of alkyl halides is 1. The smallest absolute Gasteiger partial charge is 0.318 e. The van der Waals surface area contributed by atoms with E-state index in [2.05, 4.69) is 27.9 Å². The van der Waals surface area contributed by atoms with Crippen LogP contribution in [0.25, 0.3) is 0 Å². The summed E-state index contributed by atoms with van der Waals surface area (Å²) >= 11 is 0. The fourth-order valence-electron chi connectivity index (χ4n) is 7.91. The van der Waals surface area contributed by atoms with Gasteiger partial charge in [0.25, 0.3) is 5.91 Å². The molecular formula is C35H48F2N6O4. The van der Waals surface area contributed by atoms with Crippen LogP contribution in [0.5, 0.6) is 0 Å². The van der Waals surface area contributed by atoms with Crippen molar-refractivity contribution in [3.63, 3.8) is 0 Å². The van der Waals surface area contributed by atoms with Crippen molar-refractivity contribution in [2.24, 2.45) is 17.8 Å². The molecule has 12 heteroatoms. The van der Waals surface area contributed by atoms with Gasteiger partial charge >= 0.3 is 6.03 Å². The Balaban J connectivity index is 1.08. The lowest BCUT2D eigenvalue weighted by Gasteiger charge is -2.41. The van der Waals surface area contributed by atoms with Crippen LogP contribution in [-0.4, -0.2) is 102 Å². The molecule has 47 heavy (non-hydrogen) atoms. The minimum atomic E-state index is -1.92. The van der Waals surface area contributed by atoms with Crippen LogP contribution in [0, 0.1) is 23.6 Å². The van der Waals surface area contributed by atoms with Crippen LogP contribution in [0.4, 0.5) is 19.3 Å². The zero-order chi connectivity index (χ0) is 33.2. The number of likely N-dealkylation sites (tertiary alicyclic amines) is 1. The number of carbonyl (C=O) groups excluding carboxylic acids is 4. The van der Waals surface area contributed by atoms with Crippen LogP contribution >= 0.6 is 0 Å². The predicted molar refractivity (Wildman–Crippen MR) is 172 cm³/mol. The monoisotopic (exact) mass is 654 g/mol. The molecule has 6 aliphatic rings. The zero-order valence-electron chi connectivity index (χ0n) is 27.6. The molecule has 0 aromatic heterocycles. The number of likely N-dealkylation sites (N-methyl/N-ethyl adjacent to an activating group) is 1. The second-order valence-corrected chi connectivity index (χ2v) is 15.2. The van der Waals surface area contributed by atoms with Crippen molar-refractivity contribution in [3.05, 3.63) is 29.6 Å². The maximum atomic E-state index is 15.8. The number of rotatable bonds is 12. The molecule has 5 atom stereocenters. The number of piperazine rings is 1. The molecule has 6 fully saturated rings. The highest BCUT2D eigenvalue weighted by Gasteiger charge is 2.54. The van der Waals surface area contributed by atoms with Gasteiger partial charge in [-0.15, -0.1) is 0 Å². The molecule has 0 spiro atoms. The number of hydrogen-bond acceptors (Lipinski definition) is 5. The van der Waals surface area contributed by atoms with Crippen molar-refractivity contribution in [1.29, 1.82) is 0 Å². The molecule has 4 saturated carbocycles. The summed E-state index contributed by atoms with van der Waals surface area (Å²) in [5, 5.41) is 8.36. The van der Waals surface area contributed by atoms with Gasteiger partial charge in [0.1, 0.15) is 17.9 Å². The maximum absolute atomic E-state index is 15.8. The number of benzene rings is 1. The molecule has 2 aliphatic heterocycles. The molecule has 1 aromatic carbocycles. The summed E-state index contributed by atoms with van der Waals surface area (Å²) in [7, 11) is 3.83. The van der Waals surface area contributed by atoms with Gasteiger partial charge < -0.3 is 25.8 Å². The van der Waals surface area contributed by atoms with Gasteiger partial charge in [-0.25, -0.2) is 13.6 Å². The summed E-state index contributed by atoms with van der Waals surface area (Å²) in [5.74, 6) is -2.23. The predicted octanol–water partition coefficient (Wildman–Crippen LogP) is 3.77. The first kappa shape index (κ1) is 32.3. The standard InChI is InChI=1S/C35H48F2N6O4/c1-19(29(40-34(47)42(3)23-9-10-23)32(45)43-17-24-11-12-25(18-43)41(24)2)22-8-13-27(26(36)16-22)38-31(44)30(39-33(46)35(37)14-15-35)28(20-4-5-20)21-6-7-21/h8,13,16,19-21,23-25,28-30H,4-7,9-12,14-15,17-18H2,1-3H3,(H,38,44)(H,39,46)(H,40,47)/t19-,24-,25+,29+,30-/m0/s1. The van der Waals surface area contributed by atoms with E-state index in [1.807, 2.05) is 11.8 Å². The Labute approximate surface area is 275 Å². The number of nitrogens with one attached hydrogen (secondary N) is 3. The quantitative estimate of drug-likeness (QED) is 0.318. The molecule has 7 rings (SSSR count). The van der Waals surface area contributed by atoms with Crippen molar-refractivity contribution >= 4 is 29.4 Å². The van der Waals surface area contributed by atoms with Crippen LogP contribution in [0.15, 0.2) is 18.2 Å². The Morgan fingerprint density at radius 3 is 2.06 bits per heavy atom. The highest BCUT2D eigenvalue weighted by atomic mass is 19.1. The molecule has 256 valence electrons. The van der Waals surface area contributed by atoms with Crippen molar-refractivity contribution in [3.8, 4) is 0 Å². The molecule has 5 amide bonds. The van der Waals surface area contributed by atoms with Crippen LogP contribution in [0.2, 0.25) is 0 Å². The molecule has 4 aliphatic carbocycles. The zero-order valence-corrected chi connectivity index (χ0v) is 27.6. The van der Waals surface area contributed by atoms with Crippen molar-refractivity contribution in [2.75, 3.05) is 32.5 Å². The van der Waals surface area contributed by atoms with Crippen LogP contribution in [-0.2, 0) is 14.4 Å². The normalized spacial score (nSPS) is 26.7. The molecule has 2 saturated heterocycles. The Bertz CT molecular complexity index is 1400. The van der Waals surface area contributed by atoms with Gasteiger partial charge in [0.15, 0.2) is 5.67 Å². The van der Waals surface area contributed by atoms with Gasteiger partial charge in [0.2, 0.25) is 11.8 Å². The van der Waals surface area contributed by atoms with Crippen molar-refractivity contribution in [2.45, 2.75) is 113 Å². The largest absolute Gasteiger partial charge is 0.341 e. The number of amides is 5. The molecule has 10 nitrogen and oxygen atoms in total. The lowest BCUT2D eigenvalue weighted by Crippen LogP contribution is -2.60. The minimum absolute atomic E-state index is 0.0482. The topological polar surface area (TPSA) is 114 Å². The fraction of sp³-hybridized carbons (Fsp3) is 0.714. The van der Waals surface area contributed by atoms with Gasteiger partial charge in [-0.1, -0.05) is 13.0 Å². The van der Waals surface area contributed by atoms with Gasteiger partial charge in [-0.05, 0) is 107 Å². The average Bonchev–Trinajstić information content (AvgIpc) is 3.87. The number of anilines is 1. The van der Waals surface area contributed by atoms with E-state index in [1.54, 1.807) is 18.0 Å². The first-order chi connectivity index (χ1) is 22.4. The summed E-state index contributed by atoms with van der Waals surface area (Å²) in [4.78, 5) is 59.5. The summed E-state index contributed by atoms with van der Waals surface area (Å²) in [5.41, 5.74) is -1.45. The first-order valence-electron chi connectivity index (χ1n) is 17.6. The third-order valence-electron chi connectivity index (χ3n) is 11.8. The van der Waals surface area contributed by atoms with E-state index in [4.69, 9.17) is 0 Å². The second kappa shape index (κ2) is 12.3. The van der Waals surface area contributed by atoms with E-state index in [-0.39, 0.29) is 54.5 Å². The third-order valence-corrected chi connectivity index (χ3v) is 11.8. The minimum Gasteiger partial charge on any atom is -0.341 e. The Morgan fingerprint density at radius 2 is 1.53 bits per heavy atom. The Morgan fingerprint density at radius 1 is 0.915 bits per heavy atom. The molecular weight excluding hydrogens is 606 g/mol. The lowest BCUT2D eigenvalue weighted by atomic mass is 9.88. The third kappa shape index (κ3) is 6.71. The number of hydrogen-bond donors (Lipinski definition) is 3. The molecule has 0 unspecified atom stereocenters. The molecule has 1 aromatic rings. The number of halogens is 2.